The Labute approximate surface area is 209 Å². The van der Waals surface area contributed by atoms with Crippen LogP contribution in [0.15, 0.2) is 48.8 Å². The number of fused-ring (bicyclic) bond motifs is 1. The van der Waals surface area contributed by atoms with Crippen molar-refractivity contribution in [2.45, 2.75) is 26.3 Å². The van der Waals surface area contributed by atoms with Crippen molar-refractivity contribution in [1.82, 2.24) is 39.4 Å². The van der Waals surface area contributed by atoms with Crippen molar-refractivity contribution in [1.29, 1.82) is 0 Å². The van der Waals surface area contributed by atoms with Crippen LogP contribution < -0.4 is 11.1 Å². The molecule has 0 atom stereocenters. The highest BCUT2D eigenvalue weighted by atomic mass is 35.5. The Balaban J connectivity index is 1.48. The van der Waals surface area contributed by atoms with Crippen LogP contribution in [-0.4, -0.2) is 45.3 Å². The molecule has 5 aromatic rings. The van der Waals surface area contributed by atoms with Crippen LogP contribution in [0, 0.1) is 0 Å². The molecule has 3 N–H and O–H groups in total. The van der Waals surface area contributed by atoms with Gasteiger partial charge in [-0.3, -0.25) is 14.5 Å². The van der Waals surface area contributed by atoms with Crippen LogP contribution in [0.2, 0.25) is 10.0 Å². The first kappa shape index (κ1) is 22.8. The van der Waals surface area contributed by atoms with Gasteiger partial charge in [0.15, 0.2) is 17.2 Å². The second-order valence-electron chi connectivity index (χ2n) is 8.70. The highest BCUT2D eigenvalue weighted by Crippen LogP contribution is 2.29. The Morgan fingerprint density at radius 3 is 2.40 bits per heavy atom. The van der Waals surface area contributed by atoms with Crippen molar-refractivity contribution < 1.29 is 4.79 Å². The maximum atomic E-state index is 12.0. The molecule has 178 valence electrons. The summed E-state index contributed by atoms with van der Waals surface area (Å²) in [5, 5.41) is 20.7. The third-order valence-electron chi connectivity index (χ3n) is 5.17. The van der Waals surface area contributed by atoms with E-state index < -0.39 is 5.91 Å². The van der Waals surface area contributed by atoms with E-state index in [1.54, 1.807) is 36.5 Å². The van der Waals surface area contributed by atoms with Crippen LogP contribution in [-0.2, 0) is 5.54 Å². The number of nitrogens with zero attached hydrogens (tertiary/aromatic N) is 8. The number of nitrogens with two attached hydrogens (primary N) is 1. The highest BCUT2D eigenvalue weighted by molar-refractivity contribution is 6.37. The topological polar surface area (TPSA) is 134 Å². The van der Waals surface area contributed by atoms with Crippen molar-refractivity contribution >= 4 is 46.3 Å². The Kier molecular flexibility index (Phi) is 5.45. The number of halogens is 2. The highest BCUT2D eigenvalue weighted by Gasteiger charge is 2.22. The molecular weight excluding hydrogens is 491 g/mol. The number of anilines is 2. The minimum absolute atomic E-state index is 0.0766. The molecule has 0 radical (unpaired) electrons. The number of rotatable bonds is 5. The summed E-state index contributed by atoms with van der Waals surface area (Å²) in [6.07, 6.45) is 3.55. The lowest BCUT2D eigenvalue weighted by atomic mass is 10.1. The number of nitrogens with one attached hydrogen (secondary N) is 1. The van der Waals surface area contributed by atoms with E-state index in [1.807, 2.05) is 21.5 Å². The summed E-state index contributed by atoms with van der Waals surface area (Å²) >= 11 is 12.5. The molecule has 4 aromatic heterocycles. The summed E-state index contributed by atoms with van der Waals surface area (Å²) in [7, 11) is 0. The molecule has 35 heavy (non-hydrogen) atoms. The molecule has 1 amide bonds. The number of pyridine rings is 1. The summed E-state index contributed by atoms with van der Waals surface area (Å²) in [5.74, 6) is -0.0292. The third-order valence-corrected chi connectivity index (χ3v) is 5.78. The lowest BCUT2D eigenvalue weighted by Gasteiger charge is -2.22. The second-order valence-corrected chi connectivity index (χ2v) is 9.52. The van der Waals surface area contributed by atoms with Crippen molar-refractivity contribution in [3.05, 3.63) is 64.5 Å². The molecule has 0 aliphatic heterocycles. The SMILES string of the molecule is CC(C)(C)n1ccc2nnc(-c3ccc(Nc4nn(-c5c(Cl)cccc5Cl)nc4C(N)=O)cn3)n21. The third kappa shape index (κ3) is 4.08. The van der Waals surface area contributed by atoms with Crippen molar-refractivity contribution in [3.63, 3.8) is 0 Å². The van der Waals surface area contributed by atoms with Gasteiger partial charge in [-0.1, -0.05) is 29.3 Å². The molecule has 0 bridgehead atoms. The van der Waals surface area contributed by atoms with Crippen molar-refractivity contribution in [2.75, 3.05) is 5.32 Å². The predicted molar refractivity (Wildman–Crippen MR) is 132 cm³/mol. The second kappa shape index (κ2) is 8.36. The Hall–Kier alpha value is -3.96. The molecule has 0 aliphatic rings. The van der Waals surface area contributed by atoms with Crippen LogP contribution in [0.1, 0.15) is 31.3 Å². The molecule has 0 aliphatic carbocycles. The first-order valence-corrected chi connectivity index (χ1v) is 11.3. The fraction of sp³-hybridized carbons (Fsp3) is 0.182. The summed E-state index contributed by atoms with van der Waals surface area (Å²) in [5.41, 5.74) is 7.49. The average Bonchev–Trinajstić information content (AvgIpc) is 3.49. The number of hydrogen-bond acceptors (Lipinski definition) is 7. The lowest BCUT2D eigenvalue weighted by molar-refractivity contribution is 0.0996. The smallest absolute Gasteiger partial charge is 0.273 e. The van der Waals surface area contributed by atoms with Gasteiger partial charge in [0.1, 0.15) is 11.4 Å². The van der Waals surface area contributed by atoms with E-state index in [-0.39, 0.29) is 17.1 Å². The van der Waals surface area contributed by atoms with Crippen molar-refractivity contribution in [2.24, 2.45) is 5.73 Å². The van der Waals surface area contributed by atoms with Crippen LogP contribution in [0.25, 0.3) is 22.9 Å². The van der Waals surface area contributed by atoms with Gasteiger partial charge >= 0.3 is 0 Å². The molecule has 4 heterocycles. The number of carbonyl (C=O) groups is 1. The van der Waals surface area contributed by atoms with Crippen LogP contribution >= 0.6 is 23.2 Å². The van der Waals surface area contributed by atoms with Gasteiger partial charge in [0, 0.05) is 12.3 Å². The number of benzene rings is 1. The zero-order valence-electron chi connectivity index (χ0n) is 18.9. The van der Waals surface area contributed by atoms with Crippen LogP contribution in [0.5, 0.6) is 0 Å². The van der Waals surface area contributed by atoms with E-state index in [2.05, 4.69) is 51.5 Å². The zero-order chi connectivity index (χ0) is 24.9. The molecule has 13 heteroatoms. The fourth-order valence-corrected chi connectivity index (χ4v) is 4.12. The maximum absolute atomic E-state index is 12.0. The summed E-state index contributed by atoms with van der Waals surface area (Å²) in [6, 6.07) is 10.4. The predicted octanol–water partition coefficient (Wildman–Crippen LogP) is 4.08. The summed E-state index contributed by atoms with van der Waals surface area (Å²) in [4.78, 5) is 17.7. The van der Waals surface area contributed by atoms with Gasteiger partial charge < -0.3 is 11.1 Å². The average molecular weight is 511 g/mol. The largest absolute Gasteiger partial charge is 0.364 e. The first-order chi connectivity index (χ1) is 16.6. The van der Waals surface area contributed by atoms with Crippen LogP contribution in [0.4, 0.5) is 11.5 Å². The van der Waals surface area contributed by atoms with Crippen molar-refractivity contribution in [3.8, 4) is 17.2 Å². The normalized spacial score (nSPS) is 11.8. The van der Waals surface area contributed by atoms with Crippen LogP contribution in [0.3, 0.4) is 0 Å². The Morgan fingerprint density at radius 2 is 1.77 bits per heavy atom. The fourth-order valence-electron chi connectivity index (χ4n) is 3.57. The number of amides is 1. The molecule has 0 unspecified atom stereocenters. The quantitative estimate of drug-likeness (QED) is 0.363. The van der Waals surface area contributed by atoms with Gasteiger partial charge in [-0.05, 0) is 45.0 Å². The number of para-hydroxylation sites is 1. The molecular formula is C22H20Cl2N10O. The van der Waals surface area contributed by atoms with Gasteiger partial charge in [-0.25, -0.2) is 4.52 Å². The Bertz CT molecular complexity index is 1540. The number of aromatic nitrogens is 8. The molecule has 11 nitrogen and oxygen atoms in total. The van der Waals surface area contributed by atoms with E-state index in [4.69, 9.17) is 28.9 Å². The molecule has 5 rings (SSSR count). The number of carbonyl (C=O) groups excluding carboxylic acids is 1. The molecule has 0 saturated heterocycles. The monoisotopic (exact) mass is 510 g/mol. The standard InChI is InChI=1S/C22H20Cl2N10O/c1-22(2,3)32-10-9-16-28-29-21(33(16)32)15-8-7-12(11-26-15)27-20-17(19(25)35)30-34(31-20)18-13(23)5-4-6-14(18)24/h4-11H,1-3H3,(H2,25,35)(H,27,31). The molecule has 0 spiro atoms. The summed E-state index contributed by atoms with van der Waals surface area (Å²) in [6.45, 7) is 6.28. The van der Waals surface area contributed by atoms with E-state index in [9.17, 15) is 4.79 Å². The first-order valence-electron chi connectivity index (χ1n) is 10.5. The maximum Gasteiger partial charge on any atom is 0.273 e. The number of hydrogen-bond donors (Lipinski definition) is 2. The molecule has 0 saturated carbocycles. The lowest BCUT2D eigenvalue weighted by Crippen LogP contribution is -2.25. The summed E-state index contributed by atoms with van der Waals surface area (Å²) < 4.78 is 3.96. The van der Waals surface area contributed by atoms with Gasteiger partial charge in [0.05, 0.1) is 27.5 Å². The van der Waals surface area contributed by atoms with Gasteiger partial charge in [-0.15, -0.1) is 25.2 Å². The molecule has 1 aromatic carbocycles. The van der Waals surface area contributed by atoms with E-state index in [0.717, 1.165) is 5.65 Å². The zero-order valence-corrected chi connectivity index (χ0v) is 20.4. The van der Waals surface area contributed by atoms with Gasteiger partial charge in [0.25, 0.3) is 5.91 Å². The Morgan fingerprint density at radius 1 is 1.03 bits per heavy atom. The van der Waals surface area contributed by atoms with Gasteiger partial charge in [-0.2, -0.15) is 0 Å². The van der Waals surface area contributed by atoms with Gasteiger partial charge in [0.2, 0.25) is 5.82 Å². The molecule has 0 fully saturated rings. The minimum atomic E-state index is -0.764. The van der Waals surface area contributed by atoms with E-state index in [0.29, 0.717) is 32.9 Å². The minimum Gasteiger partial charge on any atom is -0.364 e. The van der Waals surface area contributed by atoms with E-state index in [1.165, 1.54) is 4.80 Å². The number of primary amides is 1. The van der Waals surface area contributed by atoms with E-state index >= 15 is 0 Å².